The number of para-hydroxylation sites is 1. The van der Waals surface area contributed by atoms with E-state index in [0.717, 1.165) is 15.1 Å². The summed E-state index contributed by atoms with van der Waals surface area (Å²) in [6.07, 6.45) is -4.85. The number of anilines is 2. The Morgan fingerprint density at radius 3 is 2.21 bits per heavy atom. The summed E-state index contributed by atoms with van der Waals surface area (Å²) in [4.78, 5) is 38.9. The van der Waals surface area contributed by atoms with Gasteiger partial charge in [-0.1, -0.05) is 34.1 Å². The van der Waals surface area contributed by atoms with Crippen LogP contribution in [-0.4, -0.2) is 20.0 Å². The smallest absolute Gasteiger partial charge is 0.355 e. The first-order chi connectivity index (χ1) is 15.6. The summed E-state index contributed by atoms with van der Waals surface area (Å²) in [5, 5.41) is 2.52. The van der Waals surface area contributed by atoms with Crippen LogP contribution in [0.3, 0.4) is 0 Å². The van der Waals surface area contributed by atoms with Gasteiger partial charge >= 0.3 is 11.9 Å². The van der Waals surface area contributed by atoms with Crippen LogP contribution < -0.4 is 28.0 Å². The highest BCUT2D eigenvalue weighted by atomic mass is 79.9. The summed E-state index contributed by atoms with van der Waals surface area (Å²) in [7, 11) is 0. The summed E-state index contributed by atoms with van der Waals surface area (Å²) in [6, 6.07) is 15.3. The lowest BCUT2D eigenvalue weighted by atomic mass is 10.2. The Hall–Kier alpha value is -3.80. The fourth-order valence-electron chi connectivity index (χ4n) is 3.39. The molecule has 0 aliphatic rings. The van der Waals surface area contributed by atoms with Crippen molar-refractivity contribution in [2.75, 3.05) is 11.2 Å². The van der Waals surface area contributed by atoms with Crippen LogP contribution in [0.15, 0.2) is 79.5 Å². The van der Waals surface area contributed by atoms with Crippen LogP contribution in [-0.2, 0) is 6.54 Å². The minimum absolute atomic E-state index is 0.0760. The minimum atomic E-state index is -4.85. The van der Waals surface area contributed by atoms with Gasteiger partial charge in [-0.2, -0.15) is 13.2 Å². The monoisotopic (exact) mass is 521 g/mol. The van der Waals surface area contributed by atoms with Gasteiger partial charge in [-0.05, 0) is 36.4 Å². The van der Waals surface area contributed by atoms with Gasteiger partial charge in [-0.3, -0.25) is 14.2 Å². The summed E-state index contributed by atoms with van der Waals surface area (Å²) < 4.78 is 42.0. The van der Waals surface area contributed by atoms with E-state index >= 15 is 0 Å². The number of halogens is 4. The molecule has 0 bridgehead atoms. The Morgan fingerprint density at radius 2 is 1.61 bits per heavy atom. The van der Waals surface area contributed by atoms with Gasteiger partial charge in [-0.15, -0.1) is 0 Å². The lowest BCUT2D eigenvalue weighted by Gasteiger charge is -2.19. The second kappa shape index (κ2) is 8.28. The number of benzene rings is 2. The number of rotatable bonds is 4. The Kier molecular flexibility index (Phi) is 5.62. The van der Waals surface area contributed by atoms with Gasteiger partial charge in [0.2, 0.25) is 0 Å². The van der Waals surface area contributed by atoms with E-state index in [9.17, 15) is 27.6 Å². The Bertz CT molecular complexity index is 1520. The summed E-state index contributed by atoms with van der Waals surface area (Å²) in [6.45, 7) is -1.81. The number of nitrogen functional groups attached to an aromatic ring is 1. The SMILES string of the molecule is Nn1c(=O)cc(Nc2ccc(Br)cc2)c2c(=O)n(CC(F)(F)F)c(=O)n(-c3ccccc3)c21. The summed E-state index contributed by atoms with van der Waals surface area (Å²) >= 11 is 3.29. The maximum Gasteiger partial charge on any atom is 0.406 e. The fourth-order valence-corrected chi connectivity index (χ4v) is 3.65. The van der Waals surface area contributed by atoms with Crippen LogP contribution in [0.4, 0.5) is 24.5 Å². The van der Waals surface area contributed by atoms with E-state index in [1.54, 1.807) is 42.5 Å². The number of alkyl halides is 3. The zero-order chi connectivity index (χ0) is 23.9. The van der Waals surface area contributed by atoms with Crippen LogP contribution in [0.1, 0.15) is 0 Å². The largest absolute Gasteiger partial charge is 0.406 e. The van der Waals surface area contributed by atoms with Gasteiger partial charge in [0.1, 0.15) is 11.9 Å². The predicted octanol–water partition coefficient (Wildman–Crippen LogP) is 3.10. The lowest BCUT2D eigenvalue weighted by molar-refractivity contribution is -0.141. The van der Waals surface area contributed by atoms with E-state index in [0.29, 0.717) is 10.4 Å². The number of hydrogen-bond acceptors (Lipinski definition) is 5. The highest BCUT2D eigenvalue weighted by Gasteiger charge is 2.32. The average molecular weight is 522 g/mol. The van der Waals surface area contributed by atoms with Crippen molar-refractivity contribution in [3.05, 3.63) is 96.3 Å². The molecule has 2 aromatic carbocycles. The van der Waals surface area contributed by atoms with Gasteiger partial charge in [0, 0.05) is 16.2 Å². The van der Waals surface area contributed by atoms with Crippen molar-refractivity contribution in [2.45, 2.75) is 12.7 Å². The normalized spacial score (nSPS) is 11.6. The standard InChI is InChI=1S/C21H15BrF3N5O3/c22-12-6-8-13(9-7-12)27-15-10-16(31)30(26)18-17(15)19(32)28(11-21(23,24)25)20(33)29(18)14-4-2-1-3-5-14/h1-10,27H,11,26H2. The average Bonchev–Trinajstić information content (AvgIpc) is 2.76. The molecule has 12 heteroatoms. The molecule has 0 atom stereocenters. The highest BCUT2D eigenvalue weighted by molar-refractivity contribution is 9.10. The van der Waals surface area contributed by atoms with E-state index in [1.807, 2.05) is 0 Å². The molecular formula is C21H15BrF3N5O3. The maximum absolute atomic E-state index is 13.3. The maximum atomic E-state index is 13.3. The molecule has 4 rings (SSSR count). The predicted molar refractivity (Wildman–Crippen MR) is 122 cm³/mol. The Morgan fingerprint density at radius 1 is 0.970 bits per heavy atom. The zero-order valence-corrected chi connectivity index (χ0v) is 18.2. The topological polar surface area (TPSA) is 104 Å². The first-order valence-electron chi connectivity index (χ1n) is 9.42. The molecule has 0 aliphatic heterocycles. The van der Waals surface area contributed by atoms with Gasteiger partial charge in [0.25, 0.3) is 11.1 Å². The third kappa shape index (κ3) is 4.29. The van der Waals surface area contributed by atoms with Gasteiger partial charge in [0.15, 0.2) is 5.65 Å². The summed E-state index contributed by atoms with van der Waals surface area (Å²) in [5.74, 6) is 5.89. The van der Waals surface area contributed by atoms with Crippen molar-refractivity contribution in [1.82, 2.24) is 13.8 Å². The van der Waals surface area contributed by atoms with Crippen LogP contribution in [0.25, 0.3) is 16.7 Å². The van der Waals surface area contributed by atoms with Crippen molar-refractivity contribution < 1.29 is 13.2 Å². The van der Waals surface area contributed by atoms with Gasteiger partial charge in [0.05, 0.1) is 11.4 Å². The Balaban J connectivity index is 2.15. The molecule has 8 nitrogen and oxygen atoms in total. The molecule has 0 saturated heterocycles. The zero-order valence-electron chi connectivity index (χ0n) is 16.6. The first kappa shape index (κ1) is 22.4. The van der Waals surface area contributed by atoms with E-state index < -0.39 is 29.5 Å². The number of fused-ring (bicyclic) bond motifs is 1. The molecule has 170 valence electrons. The molecule has 2 heterocycles. The molecular weight excluding hydrogens is 507 g/mol. The van der Waals surface area contributed by atoms with Crippen LogP contribution in [0.2, 0.25) is 0 Å². The van der Waals surface area contributed by atoms with Gasteiger partial charge in [-0.25, -0.2) is 14.0 Å². The van der Waals surface area contributed by atoms with Crippen LogP contribution in [0, 0.1) is 0 Å². The lowest BCUT2D eigenvalue weighted by Crippen LogP contribution is -2.45. The molecule has 0 unspecified atom stereocenters. The van der Waals surface area contributed by atoms with E-state index in [2.05, 4.69) is 21.2 Å². The fraction of sp³-hybridized carbons (Fsp3) is 0.0952. The minimum Gasteiger partial charge on any atom is -0.355 e. The second-order valence-electron chi connectivity index (χ2n) is 7.06. The number of pyridine rings is 1. The molecule has 2 aromatic heterocycles. The van der Waals surface area contributed by atoms with Crippen molar-refractivity contribution in [3.63, 3.8) is 0 Å². The molecule has 3 N–H and O–H groups in total. The van der Waals surface area contributed by atoms with E-state index in [-0.39, 0.29) is 27.0 Å². The third-order valence-corrected chi connectivity index (χ3v) is 5.32. The summed E-state index contributed by atoms with van der Waals surface area (Å²) in [5.41, 5.74) is -3.16. The first-order valence-corrected chi connectivity index (χ1v) is 10.2. The molecule has 0 amide bonds. The number of nitrogens with zero attached hydrogens (tertiary/aromatic N) is 3. The number of hydrogen-bond donors (Lipinski definition) is 2. The number of nitrogens with one attached hydrogen (secondary N) is 1. The van der Waals surface area contributed by atoms with Crippen molar-refractivity contribution in [2.24, 2.45) is 0 Å². The molecule has 0 saturated carbocycles. The van der Waals surface area contributed by atoms with E-state index in [1.165, 1.54) is 12.1 Å². The van der Waals surface area contributed by atoms with Crippen LogP contribution >= 0.6 is 15.9 Å². The highest BCUT2D eigenvalue weighted by Crippen LogP contribution is 2.24. The molecule has 0 spiro atoms. The van der Waals surface area contributed by atoms with Crippen molar-refractivity contribution in [3.8, 4) is 5.69 Å². The second-order valence-corrected chi connectivity index (χ2v) is 7.97. The van der Waals surface area contributed by atoms with Crippen LogP contribution in [0.5, 0.6) is 0 Å². The number of aromatic nitrogens is 3. The molecule has 0 radical (unpaired) electrons. The van der Waals surface area contributed by atoms with Gasteiger partial charge < -0.3 is 11.2 Å². The van der Waals surface area contributed by atoms with Crippen molar-refractivity contribution >= 4 is 38.3 Å². The Labute approximate surface area is 191 Å². The molecule has 0 aliphatic carbocycles. The molecule has 33 heavy (non-hydrogen) atoms. The van der Waals surface area contributed by atoms with E-state index in [4.69, 9.17) is 5.84 Å². The van der Waals surface area contributed by atoms with Crippen molar-refractivity contribution in [1.29, 1.82) is 0 Å². The molecule has 0 fully saturated rings. The molecule has 4 aromatic rings. The number of nitrogens with two attached hydrogens (primary N) is 1. The third-order valence-electron chi connectivity index (χ3n) is 4.79. The quantitative estimate of drug-likeness (QED) is 0.401.